The Hall–Kier alpha value is -3.17. The van der Waals surface area contributed by atoms with E-state index in [1.165, 1.54) is 19.2 Å². The SMILES string of the molecule is COc1ccc(S(=O)(=O)NC(Cc2ccccc2)C(=O)NCCCn2ccnc2)cc1C. The lowest BCUT2D eigenvalue weighted by atomic mass is 10.1. The van der Waals surface area contributed by atoms with Gasteiger partial charge in [0.15, 0.2) is 0 Å². The molecular weight excluding hydrogens is 428 g/mol. The zero-order valence-corrected chi connectivity index (χ0v) is 19.0. The van der Waals surface area contributed by atoms with E-state index in [1.807, 2.05) is 41.1 Å². The Bertz CT molecular complexity index is 1120. The van der Waals surface area contributed by atoms with Crippen LogP contribution in [0.15, 0.2) is 72.1 Å². The van der Waals surface area contributed by atoms with Gasteiger partial charge in [0.2, 0.25) is 15.9 Å². The Balaban J connectivity index is 1.71. The van der Waals surface area contributed by atoms with Gasteiger partial charge in [0.25, 0.3) is 0 Å². The normalized spacial score (nSPS) is 12.3. The highest BCUT2D eigenvalue weighted by Crippen LogP contribution is 2.21. The molecular formula is C23H28N4O4S. The molecule has 0 spiro atoms. The maximum atomic E-state index is 13.0. The molecule has 0 aliphatic heterocycles. The van der Waals surface area contributed by atoms with E-state index in [2.05, 4.69) is 15.0 Å². The van der Waals surface area contributed by atoms with Crippen LogP contribution in [0.4, 0.5) is 0 Å². The van der Waals surface area contributed by atoms with E-state index in [0.717, 1.165) is 5.56 Å². The number of carbonyl (C=O) groups is 1. The molecule has 2 aromatic carbocycles. The predicted octanol–water partition coefficient (Wildman–Crippen LogP) is 2.30. The summed E-state index contributed by atoms with van der Waals surface area (Å²) in [6, 6.07) is 13.0. The topological polar surface area (TPSA) is 102 Å². The maximum absolute atomic E-state index is 13.0. The van der Waals surface area contributed by atoms with Gasteiger partial charge < -0.3 is 14.6 Å². The Kier molecular flexibility index (Phi) is 8.02. The van der Waals surface area contributed by atoms with Gasteiger partial charge in [0, 0.05) is 25.5 Å². The summed E-state index contributed by atoms with van der Waals surface area (Å²) in [5.74, 6) is 0.230. The standard InChI is InChI=1S/C23H28N4O4S/c1-18-15-20(9-10-22(18)31-2)32(29,30)26-21(16-19-7-4-3-5-8-19)23(28)25-11-6-13-27-14-12-24-17-27/h3-5,7-10,12,14-15,17,21,26H,6,11,13,16H2,1-2H3,(H,25,28). The number of sulfonamides is 1. The van der Waals surface area contributed by atoms with Crippen molar-refractivity contribution in [1.29, 1.82) is 0 Å². The first-order chi connectivity index (χ1) is 15.4. The van der Waals surface area contributed by atoms with Crippen LogP contribution in [-0.2, 0) is 27.8 Å². The molecule has 1 unspecified atom stereocenters. The first kappa shape index (κ1) is 23.5. The van der Waals surface area contributed by atoms with Crippen molar-refractivity contribution in [2.75, 3.05) is 13.7 Å². The van der Waals surface area contributed by atoms with E-state index in [9.17, 15) is 13.2 Å². The zero-order valence-electron chi connectivity index (χ0n) is 18.2. The number of imidazole rings is 1. The summed E-state index contributed by atoms with van der Waals surface area (Å²) in [6.07, 6.45) is 6.20. The van der Waals surface area contributed by atoms with Crippen molar-refractivity contribution < 1.29 is 17.9 Å². The van der Waals surface area contributed by atoms with Crippen LogP contribution >= 0.6 is 0 Å². The van der Waals surface area contributed by atoms with Gasteiger partial charge in [-0.05, 0) is 49.1 Å². The number of nitrogens with zero attached hydrogens (tertiary/aromatic N) is 2. The number of nitrogens with one attached hydrogen (secondary N) is 2. The summed E-state index contributed by atoms with van der Waals surface area (Å²) in [7, 11) is -2.39. The van der Waals surface area contributed by atoms with Gasteiger partial charge in [-0.1, -0.05) is 30.3 Å². The number of ether oxygens (including phenoxy) is 1. The molecule has 0 fully saturated rings. The van der Waals surface area contributed by atoms with Gasteiger partial charge in [-0.2, -0.15) is 4.72 Å². The number of benzene rings is 2. The molecule has 1 aromatic heterocycles. The molecule has 0 aliphatic carbocycles. The molecule has 0 radical (unpaired) electrons. The van der Waals surface area contributed by atoms with Crippen LogP contribution in [0.5, 0.6) is 5.75 Å². The lowest BCUT2D eigenvalue weighted by molar-refractivity contribution is -0.122. The Morgan fingerprint density at radius 1 is 1.19 bits per heavy atom. The van der Waals surface area contributed by atoms with E-state index in [4.69, 9.17) is 4.74 Å². The number of aromatic nitrogens is 2. The Labute approximate surface area is 188 Å². The van der Waals surface area contributed by atoms with Crippen LogP contribution < -0.4 is 14.8 Å². The first-order valence-corrected chi connectivity index (χ1v) is 11.8. The van der Waals surface area contributed by atoms with Crippen LogP contribution in [0.2, 0.25) is 0 Å². The number of amides is 1. The number of hydrogen-bond donors (Lipinski definition) is 2. The summed E-state index contributed by atoms with van der Waals surface area (Å²) in [6.45, 7) is 2.90. The van der Waals surface area contributed by atoms with E-state index in [1.54, 1.807) is 25.5 Å². The molecule has 0 bridgehead atoms. The molecule has 2 N–H and O–H groups in total. The molecule has 3 rings (SSSR count). The number of rotatable bonds is 11. The minimum atomic E-state index is -3.92. The third kappa shape index (κ3) is 6.41. The third-order valence-corrected chi connectivity index (χ3v) is 6.49. The van der Waals surface area contributed by atoms with Crippen LogP contribution in [0, 0.1) is 6.92 Å². The largest absolute Gasteiger partial charge is 0.496 e. The van der Waals surface area contributed by atoms with Gasteiger partial charge >= 0.3 is 0 Å². The molecule has 1 amide bonds. The minimum absolute atomic E-state index is 0.0850. The smallest absolute Gasteiger partial charge is 0.241 e. The Morgan fingerprint density at radius 3 is 2.62 bits per heavy atom. The molecule has 1 heterocycles. The van der Waals surface area contributed by atoms with E-state index < -0.39 is 16.1 Å². The Morgan fingerprint density at radius 2 is 1.97 bits per heavy atom. The fourth-order valence-corrected chi connectivity index (χ4v) is 4.61. The fraction of sp³-hybridized carbons (Fsp3) is 0.304. The van der Waals surface area contributed by atoms with Gasteiger partial charge in [0.1, 0.15) is 11.8 Å². The molecule has 0 saturated carbocycles. The summed E-state index contributed by atoms with van der Waals surface area (Å²) in [5, 5.41) is 2.85. The van der Waals surface area contributed by atoms with Crippen LogP contribution in [0.25, 0.3) is 0 Å². The van der Waals surface area contributed by atoms with E-state index in [0.29, 0.717) is 30.8 Å². The van der Waals surface area contributed by atoms with Crippen molar-refractivity contribution in [1.82, 2.24) is 19.6 Å². The molecule has 0 aliphatic rings. The summed E-state index contributed by atoms with van der Waals surface area (Å²) in [4.78, 5) is 17.0. The second-order valence-corrected chi connectivity index (χ2v) is 9.15. The van der Waals surface area contributed by atoms with Crippen LogP contribution in [-0.4, -0.2) is 43.6 Å². The summed E-state index contributed by atoms with van der Waals surface area (Å²) >= 11 is 0. The number of carbonyl (C=O) groups excluding carboxylic acids is 1. The fourth-order valence-electron chi connectivity index (χ4n) is 3.33. The molecule has 0 saturated heterocycles. The quantitative estimate of drug-likeness (QED) is 0.431. The average molecular weight is 457 g/mol. The third-order valence-electron chi connectivity index (χ3n) is 5.02. The van der Waals surface area contributed by atoms with Crippen molar-refractivity contribution in [3.05, 3.63) is 78.4 Å². The van der Waals surface area contributed by atoms with Crippen molar-refractivity contribution >= 4 is 15.9 Å². The van der Waals surface area contributed by atoms with Crippen LogP contribution in [0.1, 0.15) is 17.5 Å². The highest BCUT2D eigenvalue weighted by atomic mass is 32.2. The number of aryl methyl sites for hydroxylation is 2. The molecule has 1 atom stereocenters. The van der Waals surface area contributed by atoms with E-state index in [-0.39, 0.29) is 17.2 Å². The second kappa shape index (κ2) is 10.9. The maximum Gasteiger partial charge on any atom is 0.241 e. The molecule has 8 nitrogen and oxygen atoms in total. The van der Waals surface area contributed by atoms with Gasteiger partial charge in [0.05, 0.1) is 18.3 Å². The van der Waals surface area contributed by atoms with Gasteiger partial charge in [-0.25, -0.2) is 13.4 Å². The lowest BCUT2D eigenvalue weighted by Crippen LogP contribution is -2.48. The van der Waals surface area contributed by atoms with Crippen molar-refractivity contribution in [3.63, 3.8) is 0 Å². The summed E-state index contributed by atoms with van der Waals surface area (Å²) in [5.41, 5.74) is 1.55. The number of methoxy groups -OCH3 is 1. The highest BCUT2D eigenvalue weighted by molar-refractivity contribution is 7.89. The predicted molar refractivity (Wildman–Crippen MR) is 122 cm³/mol. The average Bonchev–Trinajstić information content (AvgIpc) is 3.30. The van der Waals surface area contributed by atoms with Crippen molar-refractivity contribution in [2.24, 2.45) is 0 Å². The van der Waals surface area contributed by atoms with E-state index >= 15 is 0 Å². The lowest BCUT2D eigenvalue weighted by Gasteiger charge is -2.19. The molecule has 32 heavy (non-hydrogen) atoms. The van der Waals surface area contributed by atoms with Crippen molar-refractivity contribution in [2.45, 2.75) is 37.2 Å². The van der Waals surface area contributed by atoms with Crippen molar-refractivity contribution in [3.8, 4) is 5.75 Å². The van der Waals surface area contributed by atoms with Gasteiger partial charge in [-0.3, -0.25) is 4.79 Å². The number of hydrogen-bond acceptors (Lipinski definition) is 5. The zero-order chi connectivity index (χ0) is 23.0. The minimum Gasteiger partial charge on any atom is -0.496 e. The summed E-state index contributed by atoms with van der Waals surface area (Å²) < 4.78 is 35.8. The van der Waals surface area contributed by atoms with Gasteiger partial charge in [-0.15, -0.1) is 0 Å². The highest BCUT2D eigenvalue weighted by Gasteiger charge is 2.26. The molecule has 170 valence electrons. The second-order valence-electron chi connectivity index (χ2n) is 7.44. The van der Waals surface area contributed by atoms with Crippen LogP contribution in [0.3, 0.4) is 0 Å². The molecule has 3 aromatic rings. The first-order valence-electron chi connectivity index (χ1n) is 10.3. The monoisotopic (exact) mass is 456 g/mol. The molecule has 9 heteroatoms.